The van der Waals surface area contributed by atoms with Crippen LogP contribution in [0.3, 0.4) is 0 Å². The van der Waals surface area contributed by atoms with E-state index in [1.807, 2.05) is 0 Å². The smallest absolute Gasteiger partial charge is 0.418 e. The Bertz CT molecular complexity index is 1010. The molecular weight excluding hydrogens is 446 g/mol. The number of hydrogen-bond acceptors (Lipinski definition) is 11. The number of rotatable bonds is 8. The zero-order chi connectivity index (χ0) is 23.1. The number of oxime groups is 1. The second-order valence-corrected chi connectivity index (χ2v) is 9.01. The topological polar surface area (TPSA) is 211 Å². The van der Waals surface area contributed by atoms with Crippen molar-refractivity contribution in [3.8, 4) is 0 Å². The second-order valence-electron chi connectivity index (χ2n) is 7.11. The van der Waals surface area contributed by atoms with E-state index in [1.165, 1.54) is 33.1 Å². The third-order valence-corrected chi connectivity index (χ3v) is 4.99. The summed E-state index contributed by atoms with van der Waals surface area (Å²) < 4.78 is 34.7. The van der Waals surface area contributed by atoms with Crippen LogP contribution in [-0.4, -0.2) is 68.8 Å². The van der Waals surface area contributed by atoms with Gasteiger partial charge in [0.2, 0.25) is 5.60 Å². The normalized spacial score (nSPS) is 19.2. The minimum atomic E-state index is -4.96. The first-order chi connectivity index (χ1) is 13.6. The molecule has 1 aromatic rings. The zero-order valence-corrected chi connectivity index (χ0v) is 17.8. The Morgan fingerprint density at radius 2 is 2.03 bits per heavy atom. The number of thiazole rings is 1. The maximum Gasteiger partial charge on any atom is 0.418 e. The molecule has 0 aromatic carbocycles. The van der Waals surface area contributed by atoms with Gasteiger partial charge in [-0.25, -0.2) is 9.78 Å². The summed E-state index contributed by atoms with van der Waals surface area (Å²) >= 11 is 0.980. The van der Waals surface area contributed by atoms with E-state index in [1.54, 1.807) is 0 Å². The summed E-state index contributed by atoms with van der Waals surface area (Å²) in [7, 11) is -4.96. The number of anilines is 1. The van der Waals surface area contributed by atoms with Crippen molar-refractivity contribution < 1.29 is 41.6 Å². The highest BCUT2D eigenvalue weighted by Gasteiger charge is 2.58. The fourth-order valence-electron chi connectivity index (χ4n) is 2.22. The van der Waals surface area contributed by atoms with Gasteiger partial charge in [-0.15, -0.1) is 15.6 Å². The summed E-state index contributed by atoms with van der Waals surface area (Å²) in [5, 5.41) is 16.9. The highest BCUT2D eigenvalue weighted by atomic mass is 32.3. The molecule has 0 saturated carbocycles. The first-order valence-electron chi connectivity index (χ1n) is 8.09. The molecule has 16 heteroatoms. The molecule has 14 nitrogen and oxygen atoms in total. The van der Waals surface area contributed by atoms with Gasteiger partial charge in [-0.3, -0.25) is 14.1 Å². The van der Waals surface area contributed by atoms with E-state index in [9.17, 15) is 22.8 Å². The number of aromatic nitrogens is 1. The van der Waals surface area contributed by atoms with Crippen molar-refractivity contribution in [2.24, 2.45) is 5.16 Å². The van der Waals surface area contributed by atoms with E-state index in [0.717, 1.165) is 11.3 Å². The largest absolute Gasteiger partial charge is 0.478 e. The summed E-state index contributed by atoms with van der Waals surface area (Å²) in [5.74, 6) is -3.29. The van der Waals surface area contributed by atoms with E-state index in [0.29, 0.717) is 5.06 Å². The van der Waals surface area contributed by atoms with E-state index < -0.39 is 51.1 Å². The van der Waals surface area contributed by atoms with Gasteiger partial charge in [-0.2, -0.15) is 13.5 Å². The van der Waals surface area contributed by atoms with Crippen molar-refractivity contribution in [2.75, 3.05) is 5.73 Å². The molecule has 0 unspecified atom stereocenters. The third kappa shape index (κ3) is 4.84. The van der Waals surface area contributed by atoms with Crippen molar-refractivity contribution in [1.82, 2.24) is 15.4 Å². The number of nitrogens with one attached hydrogen (secondary N) is 1. The zero-order valence-electron chi connectivity index (χ0n) is 16.1. The number of carboxylic acid groups (broad SMARTS) is 1. The number of β-lactam (4-membered cyclic amide) rings is 1. The van der Waals surface area contributed by atoms with Gasteiger partial charge in [0.25, 0.3) is 11.8 Å². The Hall–Kier alpha value is -2.82. The highest BCUT2D eigenvalue weighted by molar-refractivity contribution is 7.80. The lowest BCUT2D eigenvalue weighted by Crippen LogP contribution is -2.76. The number of carbonyl (C=O) groups is 3. The molecular formula is C14H19N5O9S2. The predicted molar refractivity (Wildman–Crippen MR) is 101 cm³/mol. The molecule has 2 amide bonds. The van der Waals surface area contributed by atoms with Crippen LogP contribution in [0.1, 0.15) is 33.4 Å². The average Bonchev–Trinajstić information content (AvgIpc) is 3.02. The Morgan fingerprint density at radius 3 is 2.47 bits per heavy atom. The summed E-state index contributed by atoms with van der Waals surface area (Å²) in [4.78, 5) is 45.0. The lowest BCUT2D eigenvalue weighted by Gasteiger charge is -2.50. The highest BCUT2D eigenvalue weighted by Crippen LogP contribution is 2.33. The Kier molecular flexibility index (Phi) is 6.09. The molecule has 166 valence electrons. The fourth-order valence-corrected chi connectivity index (χ4v) is 3.22. The van der Waals surface area contributed by atoms with Gasteiger partial charge >= 0.3 is 16.4 Å². The lowest BCUT2D eigenvalue weighted by atomic mass is 9.84. The number of carboxylic acids is 1. The standard InChI is InChI=1S/C14H19N5O9S2/c1-13(2)8(10(21)19(13)28-30(24,25)26)17-9(20)7(6-5-29-12(15)16-6)18-27-14(3,4)11(22)23/h5,8H,1-4H3,(H2,15,16)(H,17,20)(H,22,23)(H,24,25,26)/b18-7-/t8-/m1/s1. The van der Waals surface area contributed by atoms with Gasteiger partial charge in [0.1, 0.15) is 11.7 Å². The number of nitrogens with two attached hydrogens (primary N) is 1. The quantitative estimate of drug-likeness (QED) is 0.161. The van der Waals surface area contributed by atoms with Gasteiger partial charge in [-0.1, -0.05) is 5.16 Å². The van der Waals surface area contributed by atoms with Crippen LogP contribution < -0.4 is 11.1 Å². The first kappa shape index (κ1) is 23.5. The second kappa shape index (κ2) is 7.78. The number of nitrogens with zero attached hydrogens (tertiary/aromatic N) is 3. The number of nitrogen functional groups attached to an aromatic ring is 1. The van der Waals surface area contributed by atoms with Gasteiger partial charge in [0, 0.05) is 5.38 Å². The molecule has 1 saturated heterocycles. The van der Waals surface area contributed by atoms with Crippen LogP contribution in [0.4, 0.5) is 5.13 Å². The molecule has 0 aliphatic carbocycles. The Balaban J connectivity index is 2.27. The molecule has 2 heterocycles. The number of aliphatic carboxylic acids is 1. The van der Waals surface area contributed by atoms with Crippen LogP contribution in [0.5, 0.6) is 0 Å². The summed E-state index contributed by atoms with van der Waals surface area (Å²) in [6, 6.07) is -1.26. The minimum Gasteiger partial charge on any atom is -0.478 e. The van der Waals surface area contributed by atoms with Crippen LogP contribution >= 0.6 is 11.3 Å². The average molecular weight is 465 g/mol. The fraction of sp³-hybridized carbons (Fsp3) is 0.500. The van der Waals surface area contributed by atoms with Crippen LogP contribution in [0, 0.1) is 0 Å². The third-order valence-electron chi connectivity index (χ3n) is 3.98. The van der Waals surface area contributed by atoms with Gasteiger partial charge in [0.05, 0.1) is 5.54 Å². The number of amides is 2. The molecule has 1 aliphatic heterocycles. The Labute approximate surface area is 174 Å². The van der Waals surface area contributed by atoms with Crippen molar-refractivity contribution in [3.63, 3.8) is 0 Å². The molecule has 1 fully saturated rings. The molecule has 2 rings (SSSR count). The molecule has 1 aliphatic rings. The summed E-state index contributed by atoms with van der Waals surface area (Å²) in [5.41, 5.74) is 1.91. The Morgan fingerprint density at radius 1 is 1.43 bits per heavy atom. The number of hydrogen-bond donors (Lipinski definition) is 4. The molecule has 1 atom stereocenters. The lowest BCUT2D eigenvalue weighted by molar-refractivity contribution is -0.218. The molecule has 5 N–H and O–H groups in total. The van der Waals surface area contributed by atoms with E-state index in [-0.39, 0.29) is 10.8 Å². The molecule has 0 radical (unpaired) electrons. The van der Waals surface area contributed by atoms with E-state index in [4.69, 9.17) is 20.2 Å². The van der Waals surface area contributed by atoms with Gasteiger partial charge in [0.15, 0.2) is 10.8 Å². The van der Waals surface area contributed by atoms with Crippen LogP contribution in [0.2, 0.25) is 0 Å². The SMILES string of the molecule is CC(C)(O/N=C(\C(=O)N[C@@H]1C(=O)N(OS(=O)(=O)O)C1(C)C)c1csc(N)n1)C(=O)O. The number of hydroxylamine groups is 2. The van der Waals surface area contributed by atoms with Crippen molar-refractivity contribution in [2.45, 2.75) is 44.9 Å². The molecule has 0 bridgehead atoms. The van der Waals surface area contributed by atoms with E-state index in [2.05, 4.69) is 19.7 Å². The van der Waals surface area contributed by atoms with Gasteiger partial charge in [-0.05, 0) is 27.7 Å². The van der Waals surface area contributed by atoms with Crippen LogP contribution in [0.15, 0.2) is 10.5 Å². The maximum absolute atomic E-state index is 12.7. The maximum atomic E-state index is 12.7. The van der Waals surface area contributed by atoms with Crippen LogP contribution in [0.25, 0.3) is 0 Å². The first-order valence-corrected chi connectivity index (χ1v) is 10.3. The monoisotopic (exact) mass is 465 g/mol. The molecule has 30 heavy (non-hydrogen) atoms. The van der Waals surface area contributed by atoms with E-state index >= 15 is 0 Å². The van der Waals surface area contributed by atoms with Crippen molar-refractivity contribution in [3.05, 3.63) is 11.1 Å². The minimum absolute atomic E-state index is 0.0354. The molecule has 1 aromatic heterocycles. The molecule has 0 spiro atoms. The predicted octanol–water partition coefficient (Wildman–Crippen LogP) is -0.851. The summed E-state index contributed by atoms with van der Waals surface area (Å²) in [6.07, 6.45) is 0. The van der Waals surface area contributed by atoms with Gasteiger partial charge < -0.3 is 21.0 Å². The van der Waals surface area contributed by atoms with Crippen molar-refractivity contribution in [1.29, 1.82) is 0 Å². The summed E-state index contributed by atoms with van der Waals surface area (Å²) in [6.45, 7) is 5.14. The van der Waals surface area contributed by atoms with Crippen molar-refractivity contribution >= 4 is 50.4 Å². The van der Waals surface area contributed by atoms with Crippen LogP contribution in [-0.2, 0) is 33.9 Å². The number of carbonyl (C=O) groups excluding carboxylic acids is 2.